The van der Waals surface area contributed by atoms with Crippen molar-refractivity contribution in [3.63, 3.8) is 0 Å². The number of benzene rings is 9. The van der Waals surface area contributed by atoms with Gasteiger partial charge in [0.05, 0.1) is 22.4 Å². The molecular weight excluding hydrogens is 677 g/mol. The van der Waals surface area contributed by atoms with E-state index < -0.39 is 0 Å². The van der Waals surface area contributed by atoms with E-state index in [-0.39, 0.29) is 0 Å². The van der Waals surface area contributed by atoms with E-state index in [1.165, 1.54) is 60.3 Å². The molecule has 0 spiro atoms. The first-order chi connectivity index (χ1) is 27.8. The normalized spacial score (nSPS) is 11.6. The number of hydrogen-bond acceptors (Lipinski definition) is 2. The Morgan fingerprint density at radius 2 is 0.732 bits per heavy atom. The molecule has 2 nitrogen and oxygen atoms in total. The van der Waals surface area contributed by atoms with Crippen molar-refractivity contribution in [1.82, 2.24) is 9.97 Å². The third kappa shape index (κ3) is 5.34. The van der Waals surface area contributed by atoms with E-state index in [9.17, 15) is 0 Å². The maximum atomic E-state index is 5.52. The monoisotopic (exact) mass is 710 g/mol. The molecule has 0 aliphatic heterocycles. The molecule has 0 saturated heterocycles. The molecule has 0 fully saturated rings. The van der Waals surface area contributed by atoms with Gasteiger partial charge in [-0.3, -0.25) is 0 Å². The summed E-state index contributed by atoms with van der Waals surface area (Å²) in [5, 5.41) is 9.53. The molecule has 0 radical (unpaired) electrons. The number of fused-ring (bicyclic) bond motifs is 6. The summed E-state index contributed by atoms with van der Waals surface area (Å²) in [6, 6.07) is 74.0. The zero-order valence-corrected chi connectivity index (χ0v) is 30.5. The van der Waals surface area contributed by atoms with Crippen molar-refractivity contribution in [2.75, 3.05) is 0 Å². The van der Waals surface area contributed by atoms with Crippen LogP contribution in [0.3, 0.4) is 0 Å². The van der Waals surface area contributed by atoms with Crippen LogP contribution in [0, 0.1) is 0 Å². The van der Waals surface area contributed by atoms with Crippen LogP contribution in [0.4, 0.5) is 0 Å². The van der Waals surface area contributed by atoms with Gasteiger partial charge < -0.3 is 0 Å². The quantitative estimate of drug-likeness (QED) is 0.166. The van der Waals surface area contributed by atoms with Gasteiger partial charge in [-0.2, -0.15) is 0 Å². The second-order valence-electron chi connectivity index (χ2n) is 14.5. The fourth-order valence-corrected chi connectivity index (χ4v) is 8.56. The molecule has 0 N–H and O–H groups in total. The summed E-state index contributed by atoms with van der Waals surface area (Å²) >= 11 is 0. The average molecular weight is 711 g/mol. The van der Waals surface area contributed by atoms with Gasteiger partial charge in [0.25, 0.3) is 0 Å². The van der Waals surface area contributed by atoms with Gasteiger partial charge in [-0.25, -0.2) is 9.97 Å². The second kappa shape index (κ2) is 13.2. The number of pyridine rings is 2. The standard InChI is InChI=1S/C54H34N2/c1-2-14-37(15-3-1)47-33-52(55-51-27-11-10-23-45(47)51)38-28-30-39(31-29-38)53-34-49(43-26-13-19-36-17-5-7-21-41(36)43)50-32-48(44-22-8-9-24-46(44)54(50)56-53)42-25-12-18-35-16-4-6-20-40(35)42/h1-34H. The molecule has 0 aliphatic carbocycles. The Kier molecular flexibility index (Phi) is 7.53. The molecular formula is C54H34N2. The summed E-state index contributed by atoms with van der Waals surface area (Å²) in [5.74, 6) is 0. The van der Waals surface area contributed by atoms with Gasteiger partial charge >= 0.3 is 0 Å². The third-order valence-electron chi connectivity index (χ3n) is 11.3. The van der Waals surface area contributed by atoms with Crippen molar-refractivity contribution in [1.29, 1.82) is 0 Å². The Hall–Kier alpha value is -7.42. The van der Waals surface area contributed by atoms with Crippen LogP contribution >= 0.6 is 0 Å². The van der Waals surface area contributed by atoms with Crippen molar-refractivity contribution in [2.24, 2.45) is 0 Å². The fraction of sp³-hybridized carbons (Fsp3) is 0. The maximum absolute atomic E-state index is 5.52. The van der Waals surface area contributed by atoms with Crippen molar-refractivity contribution in [2.45, 2.75) is 0 Å². The Balaban J connectivity index is 1.13. The summed E-state index contributed by atoms with van der Waals surface area (Å²) in [5.41, 5.74) is 13.2. The maximum Gasteiger partial charge on any atom is 0.0794 e. The first kappa shape index (κ1) is 32.0. The number of hydrogen-bond donors (Lipinski definition) is 0. The van der Waals surface area contributed by atoms with Crippen molar-refractivity contribution in [3.8, 4) is 55.9 Å². The molecule has 0 amide bonds. The average Bonchev–Trinajstić information content (AvgIpc) is 3.28. The minimum Gasteiger partial charge on any atom is -0.248 e. The van der Waals surface area contributed by atoms with E-state index >= 15 is 0 Å². The lowest BCUT2D eigenvalue weighted by atomic mass is 9.88. The van der Waals surface area contributed by atoms with Crippen LogP contribution in [0.1, 0.15) is 0 Å². The largest absolute Gasteiger partial charge is 0.248 e. The molecule has 56 heavy (non-hydrogen) atoms. The summed E-state index contributed by atoms with van der Waals surface area (Å²) in [6.07, 6.45) is 0. The van der Waals surface area contributed by atoms with E-state index in [4.69, 9.17) is 9.97 Å². The van der Waals surface area contributed by atoms with E-state index in [0.29, 0.717) is 0 Å². The Labute approximate surface area is 325 Å². The Bertz CT molecular complexity index is 3280. The Morgan fingerprint density at radius 1 is 0.250 bits per heavy atom. The van der Waals surface area contributed by atoms with Gasteiger partial charge in [0.1, 0.15) is 0 Å². The first-order valence-corrected chi connectivity index (χ1v) is 19.2. The van der Waals surface area contributed by atoms with Crippen molar-refractivity contribution in [3.05, 3.63) is 206 Å². The van der Waals surface area contributed by atoms with E-state index in [0.717, 1.165) is 49.7 Å². The lowest BCUT2D eigenvalue weighted by Crippen LogP contribution is -1.94. The molecule has 0 unspecified atom stereocenters. The number of para-hydroxylation sites is 1. The predicted molar refractivity (Wildman–Crippen MR) is 237 cm³/mol. The highest BCUT2D eigenvalue weighted by Crippen LogP contribution is 2.43. The van der Waals surface area contributed by atoms with Gasteiger partial charge in [0.2, 0.25) is 0 Å². The molecule has 260 valence electrons. The SMILES string of the molecule is c1ccc(-c2cc(-c3ccc(-c4cc(-c5cccc6ccccc56)c5cc(-c6cccc7ccccc67)c6ccccc6c5n4)cc3)nc3ccccc23)cc1. The van der Waals surface area contributed by atoms with Gasteiger partial charge in [-0.15, -0.1) is 0 Å². The minimum absolute atomic E-state index is 0.937. The summed E-state index contributed by atoms with van der Waals surface area (Å²) in [6.45, 7) is 0. The summed E-state index contributed by atoms with van der Waals surface area (Å²) in [4.78, 5) is 10.6. The van der Waals surface area contributed by atoms with Gasteiger partial charge in [0.15, 0.2) is 0 Å². The highest BCUT2D eigenvalue weighted by Gasteiger charge is 2.18. The van der Waals surface area contributed by atoms with Gasteiger partial charge in [-0.1, -0.05) is 182 Å². The molecule has 0 aliphatic rings. The van der Waals surface area contributed by atoms with Crippen LogP contribution in [0.5, 0.6) is 0 Å². The lowest BCUT2D eigenvalue weighted by molar-refractivity contribution is 1.38. The number of nitrogens with zero attached hydrogens (tertiary/aromatic N) is 2. The van der Waals surface area contributed by atoms with Crippen LogP contribution in [0.2, 0.25) is 0 Å². The zero-order valence-electron chi connectivity index (χ0n) is 30.5. The molecule has 11 aromatic rings. The smallest absolute Gasteiger partial charge is 0.0794 e. The van der Waals surface area contributed by atoms with E-state index in [2.05, 4.69) is 206 Å². The highest BCUT2D eigenvalue weighted by molar-refractivity contribution is 6.19. The fourth-order valence-electron chi connectivity index (χ4n) is 8.56. The third-order valence-corrected chi connectivity index (χ3v) is 11.3. The molecule has 0 atom stereocenters. The Morgan fingerprint density at radius 3 is 1.39 bits per heavy atom. The summed E-state index contributed by atoms with van der Waals surface area (Å²) in [7, 11) is 0. The molecule has 2 aromatic heterocycles. The van der Waals surface area contributed by atoms with Gasteiger partial charge in [0, 0.05) is 27.3 Å². The first-order valence-electron chi connectivity index (χ1n) is 19.2. The predicted octanol–water partition coefficient (Wildman–Crippen LogP) is 14.6. The lowest BCUT2D eigenvalue weighted by Gasteiger charge is -2.17. The van der Waals surface area contributed by atoms with Crippen LogP contribution in [-0.4, -0.2) is 9.97 Å². The van der Waals surface area contributed by atoms with Gasteiger partial charge in [-0.05, 0) is 84.6 Å². The zero-order chi connectivity index (χ0) is 37.0. The highest BCUT2D eigenvalue weighted by atomic mass is 14.7. The number of rotatable bonds is 5. The molecule has 9 aromatic carbocycles. The van der Waals surface area contributed by atoms with Crippen LogP contribution in [-0.2, 0) is 0 Å². The topological polar surface area (TPSA) is 25.8 Å². The molecule has 0 bridgehead atoms. The molecule has 11 rings (SSSR count). The van der Waals surface area contributed by atoms with Crippen LogP contribution in [0.15, 0.2) is 206 Å². The van der Waals surface area contributed by atoms with E-state index in [1.807, 2.05) is 0 Å². The summed E-state index contributed by atoms with van der Waals surface area (Å²) < 4.78 is 0. The van der Waals surface area contributed by atoms with Crippen molar-refractivity contribution < 1.29 is 0 Å². The minimum atomic E-state index is 0.937. The van der Waals surface area contributed by atoms with Crippen LogP contribution < -0.4 is 0 Å². The van der Waals surface area contributed by atoms with Crippen LogP contribution in [0.25, 0.3) is 110 Å². The number of aromatic nitrogens is 2. The molecule has 0 saturated carbocycles. The second-order valence-corrected chi connectivity index (χ2v) is 14.5. The van der Waals surface area contributed by atoms with Crippen molar-refractivity contribution >= 4 is 54.1 Å². The molecule has 2 heteroatoms. The van der Waals surface area contributed by atoms with E-state index in [1.54, 1.807) is 0 Å². The molecule has 2 heterocycles.